The van der Waals surface area contributed by atoms with Gasteiger partial charge in [-0.05, 0) is 50.4 Å². The first-order valence-corrected chi connectivity index (χ1v) is 9.17. The summed E-state index contributed by atoms with van der Waals surface area (Å²) in [4.78, 5) is 1.47. The third kappa shape index (κ3) is 1.25. The van der Waals surface area contributed by atoms with Crippen molar-refractivity contribution < 1.29 is 0 Å². The topological polar surface area (TPSA) is 0 Å². The molecule has 6 rings (SSSR count). The summed E-state index contributed by atoms with van der Waals surface area (Å²) in [6.45, 7) is 0. The minimum Gasteiger partial charge on any atom is -0.147 e. The molecule has 1 aromatic heterocycles. The summed E-state index contributed by atoms with van der Waals surface area (Å²) in [6.07, 6.45) is 0. The Kier molecular flexibility index (Phi) is 2.26. The number of rotatable bonds is 0. The van der Waals surface area contributed by atoms with Crippen molar-refractivity contribution >= 4 is 11.3 Å². The largest absolute Gasteiger partial charge is 0.147 e. The lowest BCUT2D eigenvalue weighted by Crippen LogP contribution is -2.24. The van der Waals surface area contributed by atoms with Gasteiger partial charge in [-0.3, -0.25) is 0 Å². The molecular weight excluding hydrogens is 308 g/mol. The van der Waals surface area contributed by atoms with Gasteiger partial charge in [0.05, 0.1) is 5.41 Å². The van der Waals surface area contributed by atoms with Crippen LogP contribution in [0.4, 0.5) is 0 Å². The van der Waals surface area contributed by atoms with E-state index in [2.05, 4.69) is 84.2 Å². The van der Waals surface area contributed by atoms with Gasteiger partial charge in [0.25, 0.3) is 0 Å². The van der Waals surface area contributed by atoms with Crippen molar-refractivity contribution in [1.82, 2.24) is 0 Å². The number of thiophene rings is 1. The Morgan fingerprint density at radius 1 is 0.500 bits per heavy atom. The molecule has 3 aromatic carbocycles. The highest BCUT2D eigenvalue weighted by atomic mass is 32.1. The van der Waals surface area contributed by atoms with Crippen LogP contribution < -0.4 is 0 Å². The number of hydrogen-bond acceptors (Lipinski definition) is 1. The highest BCUT2D eigenvalue weighted by Gasteiger charge is 2.52. The first-order chi connectivity index (χ1) is 11.9. The van der Waals surface area contributed by atoms with Gasteiger partial charge >= 0.3 is 0 Å². The monoisotopic (exact) mass is 322 g/mol. The number of hydrogen-bond donors (Lipinski definition) is 0. The minimum atomic E-state index is -0.132. The van der Waals surface area contributed by atoms with Gasteiger partial charge in [0.1, 0.15) is 0 Å². The quantitative estimate of drug-likeness (QED) is 0.317. The Balaban J connectivity index is 1.89. The highest BCUT2D eigenvalue weighted by Crippen LogP contribution is 2.63. The van der Waals surface area contributed by atoms with Gasteiger partial charge in [0.15, 0.2) is 0 Å². The molecule has 0 aliphatic heterocycles. The molecule has 0 N–H and O–H groups in total. The average Bonchev–Trinajstić information content (AvgIpc) is 3.30. The standard InChI is InChI=1S/C23H14S/c1-4-10-19-15(7-1)16-8-2-5-11-20(16)23(19)21-12-6-3-9-17(21)18-13-14-24-22(18)23/h1-14H. The van der Waals surface area contributed by atoms with E-state index in [-0.39, 0.29) is 5.41 Å². The van der Waals surface area contributed by atoms with Crippen molar-refractivity contribution in [3.63, 3.8) is 0 Å². The Hall–Kier alpha value is -2.64. The van der Waals surface area contributed by atoms with E-state index < -0.39 is 0 Å². The zero-order chi connectivity index (χ0) is 15.7. The van der Waals surface area contributed by atoms with Crippen LogP contribution in [0.25, 0.3) is 22.3 Å². The van der Waals surface area contributed by atoms with Gasteiger partial charge in [-0.25, -0.2) is 0 Å². The van der Waals surface area contributed by atoms with Crippen LogP contribution >= 0.6 is 11.3 Å². The number of fused-ring (bicyclic) bond motifs is 10. The molecule has 1 heterocycles. The third-order valence-electron chi connectivity index (χ3n) is 5.58. The first kappa shape index (κ1) is 12.7. The van der Waals surface area contributed by atoms with Crippen LogP contribution in [-0.4, -0.2) is 0 Å². The molecule has 0 unspecified atom stereocenters. The molecule has 2 aliphatic rings. The van der Waals surface area contributed by atoms with Gasteiger partial charge in [-0.15, -0.1) is 11.3 Å². The minimum absolute atomic E-state index is 0.132. The summed E-state index contributed by atoms with van der Waals surface area (Å²) in [5.74, 6) is 0. The molecule has 4 aromatic rings. The lowest BCUT2D eigenvalue weighted by Gasteiger charge is -2.29. The molecule has 0 amide bonds. The Labute approximate surface area is 145 Å². The summed E-state index contributed by atoms with van der Waals surface area (Å²) in [5, 5.41) is 2.24. The summed E-state index contributed by atoms with van der Waals surface area (Å²) < 4.78 is 0. The maximum atomic E-state index is 2.32. The van der Waals surface area contributed by atoms with Crippen LogP contribution in [0.3, 0.4) is 0 Å². The second-order valence-electron chi connectivity index (χ2n) is 6.55. The smallest absolute Gasteiger partial charge is 0.0819 e. The molecule has 112 valence electrons. The van der Waals surface area contributed by atoms with E-state index in [4.69, 9.17) is 0 Å². The summed E-state index contributed by atoms with van der Waals surface area (Å²) in [5.41, 5.74) is 9.72. The highest BCUT2D eigenvalue weighted by molar-refractivity contribution is 7.10. The molecule has 0 nitrogen and oxygen atoms in total. The molecule has 0 atom stereocenters. The van der Waals surface area contributed by atoms with Crippen molar-refractivity contribution in [2.75, 3.05) is 0 Å². The van der Waals surface area contributed by atoms with E-state index in [1.165, 1.54) is 43.8 Å². The van der Waals surface area contributed by atoms with Crippen LogP contribution in [0.15, 0.2) is 84.2 Å². The fourth-order valence-corrected chi connectivity index (χ4v) is 5.90. The van der Waals surface area contributed by atoms with Gasteiger partial charge in [0.2, 0.25) is 0 Å². The van der Waals surface area contributed by atoms with Crippen molar-refractivity contribution in [2.45, 2.75) is 5.41 Å². The third-order valence-corrected chi connectivity index (χ3v) is 6.61. The second kappa shape index (κ2) is 4.25. The van der Waals surface area contributed by atoms with E-state index in [0.29, 0.717) is 0 Å². The molecular formula is C23H14S. The van der Waals surface area contributed by atoms with E-state index in [1.807, 2.05) is 11.3 Å². The van der Waals surface area contributed by atoms with Crippen LogP contribution in [0.5, 0.6) is 0 Å². The van der Waals surface area contributed by atoms with Crippen LogP contribution in [0, 0.1) is 0 Å². The first-order valence-electron chi connectivity index (χ1n) is 8.29. The van der Waals surface area contributed by atoms with Crippen LogP contribution in [0.1, 0.15) is 21.6 Å². The van der Waals surface area contributed by atoms with Gasteiger partial charge in [0, 0.05) is 4.88 Å². The normalized spacial score (nSPS) is 15.0. The second-order valence-corrected chi connectivity index (χ2v) is 7.47. The Morgan fingerprint density at radius 2 is 0.958 bits per heavy atom. The SMILES string of the molecule is c1ccc2c(c1)-c1ccccc1C21c2ccccc2-c2ccsc21. The van der Waals surface area contributed by atoms with Crippen molar-refractivity contribution in [2.24, 2.45) is 0 Å². The van der Waals surface area contributed by atoms with Crippen molar-refractivity contribution in [1.29, 1.82) is 0 Å². The van der Waals surface area contributed by atoms with E-state index in [1.54, 1.807) is 0 Å². The maximum absolute atomic E-state index is 2.32. The fourth-order valence-electron chi connectivity index (χ4n) is 4.75. The molecule has 24 heavy (non-hydrogen) atoms. The molecule has 1 spiro atoms. The lowest BCUT2D eigenvalue weighted by atomic mass is 9.74. The molecule has 0 bridgehead atoms. The zero-order valence-corrected chi connectivity index (χ0v) is 13.8. The fraction of sp³-hybridized carbons (Fsp3) is 0.0435. The molecule has 0 saturated heterocycles. The van der Waals surface area contributed by atoms with E-state index in [9.17, 15) is 0 Å². The molecule has 0 radical (unpaired) electrons. The summed E-state index contributed by atoms with van der Waals surface area (Å²) in [7, 11) is 0. The van der Waals surface area contributed by atoms with Crippen LogP contribution in [0.2, 0.25) is 0 Å². The van der Waals surface area contributed by atoms with Gasteiger partial charge < -0.3 is 0 Å². The Bertz CT molecular complexity index is 1070. The van der Waals surface area contributed by atoms with Crippen molar-refractivity contribution in [3.05, 3.63) is 106 Å². The summed E-state index contributed by atoms with van der Waals surface area (Å²) in [6, 6.07) is 29.1. The van der Waals surface area contributed by atoms with Crippen molar-refractivity contribution in [3.8, 4) is 22.3 Å². The zero-order valence-electron chi connectivity index (χ0n) is 13.0. The maximum Gasteiger partial charge on any atom is 0.0819 e. The molecule has 2 aliphatic carbocycles. The van der Waals surface area contributed by atoms with Gasteiger partial charge in [-0.1, -0.05) is 72.8 Å². The predicted octanol–water partition coefficient (Wildman–Crippen LogP) is 6.09. The van der Waals surface area contributed by atoms with E-state index >= 15 is 0 Å². The molecule has 0 saturated carbocycles. The Morgan fingerprint density at radius 3 is 1.50 bits per heavy atom. The average molecular weight is 322 g/mol. The molecule has 0 fully saturated rings. The molecule has 1 heteroatoms. The van der Waals surface area contributed by atoms with Gasteiger partial charge in [-0.2, -0.15) is 0 Å². The lowest BCUT2D eigenvalue weighted by molar-refractivity contribution is 0.811. The van der Waals surface area contributed by atoms with Crippen LogP contribution in [-0.2, 0) is 5.41 Å². The summed E-state index contributed by atoms with van der Waals surface area (Å²) >= 11 is 1.89. The number of benzene rings is 3. The predicted molar refractivity (Wildman–Crippen MR) is 101 cm³/mol. The van der Waals surface area contributed by atoms with E-state index in [0.717, 1.165) is 0 Å².